The van der Waals surface area contributed by atoms with Gasteiger partial charge in [-0.05, 0) is 6.42 Å². The van der Waals surface area contributed by atoms with Crippen LogP contribution in [-0.2, 0) is 4.74 Å². The minimum atomic E-state index is -1.28. The second-order valence-corrected chi connectivity index (χ2v) is 9.31. The molecular weight excluding hydrogens is 180 g/mol. The summed E-state index contributed by atoms with van der Waals surface area (Å²) in [6, 6.07) is 0. The van der Waals surface area contributed by atoms with E-state index in [4.69, 9.17) is 4.74 Å². The van der Waals surface area contributed by atoms with Crippen LogP contribution in [0.3, 0.4) is 0 Å². The molecule has 1 fully saturated rings. The van der Waals surface area contributed by atoms with Gasteiger partial charge in [-0.2, -0.15) is 0 Å². The summed E-state index contributed by atoms with van der Waals surface area (Å²) in [6.07, 6.45) is 0.496. The summed E-state index contributed by atoms with van der Waals surface area (Å²) >= 11 is 0. The van der Waals surface area contributed by atoms with Crippen molar-refractivity contribution in [2.24, 2.45) is 5.92 Å². The Balaban J connectivity index is 2.54. The van der Waals surface area contributed by atoms with Crippen molar-refractivity contribution < 1.29 is 9.84 Å². The van der Waals surface area contributed by atoms with Crippen LogP contribution in [0.4, 0.5) is 0 Å². The molecule has 1 aliphatic heterocycles. The molecule has 3 heteroatoms. The molecule has 74 valence electrons. The van der Waals surface area contributed by atoms with Crippen LogP contribution >= 0.6 is 0 Å². The van der Waals surface area contributed by atoms with Gasteiger partial charge in [0.2, 0.25) is 0 Å². The molecule has 0 aromatic rings. The predicted octanol–water partition coefficient (Wildman–Crippen LogP) is 1.26. The zero-order valence-electron chi connectivity index (χ0n) is 8.63. The van der Waals surface area contributed by atoms with E-state index in [-0.39, 0.29) is 12.0 Å². The number of hydrogen-bond acceptors (Lipinski definition) is 2. The Kier molecular flexibility index (Phi) is 3.54. The number of aliphatic hydroxyl groups is 1. The first-order valence-corrected chi connectivity index (χ1v) is 8.27. The molecule has 0 spiro atoms. The molecule has 1 N–H and O–H groups in total. The second-order valence-electron chi connectivity index (χ2n) is 4.56. The Morgan fingerprint density at radius 2 is 2.08 bits per heavy atom. The molecule has 2 unspecified atom stereocenters. The van der Waals surface area contributed by atoms with Crippen molar-refractivity contribution in [1.82, 2.24) is 0 Å². The van der Waals surface area contributed by atoms with Crippen molar-refractivity contribution in [3.8, 4) is 11.5 Å². The van der Waals surface area contributed by atoms with Crippen molar-refractivity contribution >= 4 is 8.07 Å². The van der Waals surface area contributed by atoms with Crippen LogP contribution in [0.25, 0.3) is 0 Å². The number of aliphatic hydroxyl groups excluding tert-OH is 1. The zero-order chi connectivity index (χ0) is 9.90. The Morgan fingerprint density at radius 1 is 1.38 bits per heavy atom. The first kappa shape index (κ1) is 10.8. The quantitative estimate of drug-likeness (QED) is 0.469. The maximum absolute atomic E-state index is 9.55. The molecule has 2 nitrogen and oxygen atoms in total. The van der Waals surface area contributed by atoms with E-state index in [1.165, 1.54) is 0 Å². The maximum Gasteiger partial charge on any atom is 0.129 e. The van der Waals surface area contributed by atoms with Crippen molar-refractivity contribution in [2.75, 3.05) is 13.2 Å². The van der Waals surface area contributed by atoms with Gasteiger partial charge < -0.3 is 9.84 Å². The zero-order valence-corrected chi connectivity index (χ0v) is 9.63. The van der Waals surface area contributed by atoms with Gasteiger partial charge in [0.25, 0.3) is 0 Å². The van der Waals surface area contributed by atoms with Crippen molar-refractivity contribution in [3.63, 3.8) is 0 Å². The van der Waals surface area contributed by atoms with Gasteiger partial charge in [-0.3, -0.25) is 0 Å². The molecule has 1 aliphatic rings. The van der Waals surface area contributed by atoms with Crippen LogP contribution in [0.1, 0.15) is 6.42 Å². The third kappa shape index (κ3) is 3.95. The lowest BCUT2D eigenvalue weighted by Crippen LogP contribution is -2.31. The van der Waals surface area contributed by atoms with E-state index < -0.39 is 8.07 Å². The van der Waals surface area contributed by atoms with Crippen LogP contribution in [0, 0.1) is 17.4 Å². The molecule has 0 aliphatic carbocycles. The third-order valence-corrected chi connectivity index (χ3v) is 2.85. The van der Waals surface area contributed by atoms with Gasteiger partial charge in [0, 0.05) is 6.61 Å². The standard InChI is InChI=1S/C10H18O2Si/c1-13(2,3)7-5-9-4-6-12-8-10(9)11/h9-11H,4,6,8H2,1-3H3. The lowest BCUT2D eigenvalue weighted by molar-refractivity contribution is -0.0270. The summed E-state index contributed by atoms with van der Waals surface area (Å²) in [7, 11) is -1.28. The highest BCUT2D eigenvalue weighted by molar-refractivity contribution is 6.83. The molecule has 0 amide bonds. The highest BCUT2D eigenvalue weighted by Crippen LogP contribution is 2.14. The normalized spacial score (nSPS) is 29.2. The van der Waals surface area contributed by atoms with Gasteiger partial charge in [0.15, 0.2) is 0 Å². The number of rotatable bonds is 0. The lowest BCUT2D eigenvalue weighted by atomic mass is 9.99. The Bertz CT molecular complexity index is 221. The van der Waals surface area contributed by atoms with Gasteiger partial charge in [-0.1, -0.05) is 19.6 Å². The van der Waals surface area contributed by atoms with E-state index in [2.05, 4.69) is 31.1 Å². The summed E-state index contributed by atoms with van der Waals surface area (Å²) in [5.41, 5.74) is 3.30. The second kappa shape index (κ2) is 4.27. The van der Waals surface area contributed by atoms with Crippen LogP contribution in [0.2, 0.25) is 19.6 Å². The SMILES string of the molecule is C[Si](C)(C)C#CC1CCOCC1O. The fourth-order valence-electron chi connectivity index (χ4n) is 1.20. The van der Waals surface area contributed by atoms with E-state index >= 15 is 0 Å². The molecule has 1 heterocycles. The molecule has 0 aromatic heterocycles. The van der Waals surface area contributed by atoms with Gasteiger partial charge >= 0.3 is 0 Å². The minimum absolute atomic E-state index is 0.139. The largest absolute Gasteiger partial charge is 0.389 e. The molecule has 13 heavy (non-hydrogen) atoms. The molecule has 0 radical (unpaired) electrons. The Hall–Kier alpha value is -0.303. The smallest absolute Gasteiger partial charge is 0.129 e. The molecule has 0 bridgehead atoms. The average molecular weight is 198 g/mol. The van der Waals surface area contributed by atoms with E-state index in [9.17, 15) is 5.11 Å². The summed E-state index contributed by atoms with van der Waals surface area (Å²) in [4.78, 5) is 0. The maximum atomic E-state index is 9.55. The van der Waals surface area contributed by atoms with E-state index in [1.807, 2.05) is 0 Å². The van der Waals surface area contributed by atoms with E-state index in [1.54, 1.807) is 0 Å². The third-order valence-electron chi connectivity index (χ3n) is 1.96. The van der Waals surface area contributed by atoms with Gasteiger partial charge in [0.05, 0.1) is 18.6 Å². The fourth-order valence-corrected chi connectivity index (χ4v) is 1.82. The van der Waals surface area contributed by atoms with Crippen LogP contribution < -0.4 is 0 Å². The van der Waals surface area contributed by atoms with Crippen LogP contribution in [-0.4, -0.2) is 32.5 Å². The molecule has 2 atom stereocenters. The van der Waals surface area contributed by atoms with Gasteiger partial charge in [-0.15, -0.1) is 11.5 Å². The van der Waals surface area contributed by atoms with E-state index in [0.717, 1.165) is 13.0 Å². The number of hydrogen-bond donors (Lipinski definition) is 1. The van der Waals surface area contributed by atoms with Gasteiger partial charge in [0.1, 0.15) is 8.07 Å². The van der Waals surface area contributed by atoms with Gasteiger partial charge in [-0.25, -0.2) is 0 Å². The average Bonchev–Trinajstić information content (AvgIpc) is 2.01. The molecule has 0 aromatic carbocycles. The monoisotopic (exact) mass is 198 g/mol. The fraction of sp³-hybridized carbons (Fsp3) is 0.800. The molecular formula is C10H18O2Si. The summed E-state index contributed by atoms with van der Waals surface area (Å²) in [5.74, 6) is 3.33. The molecule has 1 rings (SSSR count). The predicted molar refractivity (Wildman–Crippen MR) is 56.1 cm³/mol. The lowest BCUT2D eigenvalue weighted by Gasteiger charge is -2.23. The Labute approximate surface area is 81.3 Å². The first-order valence-electron chi connectivity index (χ1n) is 4.77. The first-order chi connectivity index (χ1) is 5.99. The molecule has 0 saturated carbocycles. The van der Waals surface area contributed by atoms with Crippen LogP contribution in [0.15, 0.2) is 0 Å². The highest BCUT2D eigenvalue weighted by atomic mass is 28.3. The molecule has 1 saturated heterocycles. The summed E-state index contributed by atoms with van der Waals surface area (Å²) in [6.45, 7) is 7.83. The highest BCUT2D eigenvalue weighted by Gasteiger charge is 2.22. The summed E-state index contributed by atoms with van der Waals surface area (Å²) in [5, 5.41) is 9.55. The topological polar surface area (TPSA) is 29.5 Å². The van der Waals surface area contributed by atoms with Crippen molar-refractivity contribution in [2.45, 2.75) is 32.2 Å². The van der Waals surface area contributed by atoms with Crippen molar-refractivity contribution in [1.29, 1.82) is 0 Å². The summed E-state index contributed by atoms with van der Waals surface area (Å²) < 4.78 is 5.14. The van der Waals surface area contributed by atoms with Crippen molar-refractivity contribution in [3.05, 3.63) is 0 Å². The Morgan fingerprint density at radius 3 is 2.62 bits per heavy atom. The minimum Gasteiger partial charge on any atom is -0.389 e. The van der Waals surface area contributed by atoms with E-state index in [0.29, 0.717) is 6.61 Å². The number of ether oxygens (including phenoxy) is 1. The van der Waals surface area contributed by atoms with Crippen LogP contribution in [0.5, 0.6) is 0 Å².